The molecule has 0 atom stereocenters. The summed E-state index contributed by atoms with van der Waals surface area (Å²) in [5.74, 6) is 0. The predicted octanol–water partition coefficient (Wildman–Crippen LogP) is 8.28. The van der Waals surface area contributed by atoms with Gasteiger partial charge < -0.3 is 0 Å². The molecule has 0 radical (unpaired) electrons. The topological polar surface area (TPSA) is 0 Å². The SMILES string of the molecule is C=C(S/C=C(\C)Cc1cc(C)c(I)cc1CC)c1ccc2c(c1)CCCCC2. The van der Waals surface area contributed by atoms with Crippen LogP contribution in [0.3, 0.4) is 0 Å². The molecule has 0 aliphatic heterocycles. The van der Waals surface area contributed by atoms with Gasteiger partial charge in [-0.3, -0.25) is 0 Å². The molecule has 28 heavy (non-hydrogen) atoms. The maximum absolute atomic E-state index is 4.35. The summed E-state index contributed by atoms with van der Waals surface area (Å²) in [6, 6.07) is 11.7. The number of hydrogen-bond acceptors (Lipinski definition) is 1. The number of aryl methyl sites for hydroxylation is 4. The summed E-state index contributed by atoms with van der Waals surface area (Å²) in [5, 5.41) is 2.29. The molecule has 2 heteroatoms. The Hall–Kier alpha value is -1.00. The molecule has 0 N–H and O–H groups in total. The first-order valence-corrected chi connectivity index (χ1v) is 12.3. The van der Waals surface area contributed by atoms with E-state index in [1.54, 1.807) is 22.9 Å². The van der Waals surface area contributed by atoms with E-state index in [-0.39, 0.29) is 0 Å². The van der Waals surface area contributed by atoms with E-state index in [1.165, 1.54) is 63.5 Å². The third-order valence-electron chi connectivity index (χ3n) is 5.65. The molecule has 0 amide bonds. The molecule has 148 valence electrons. The number of halogens is 1. The molecule has 2 aromatic rings. The summed E-state index contributed by atoms with van der Waals surface area (Å²) in [4.78, 5) is 1.15. The number of hydrogen-bond donors (Lipinski definition) is 0. The highest BCUT2D eigenvalue weighted by Crippen LogP contribution is 2.31. The Labute approximate surface area is 189 Å². The van der Waals surface area contributed by atoms with Gasteiger partial charge in [0.15, 0.2) is 0 Å². The van der Waals surface area contributed by atoms with Crippen molar-refractivity contribution in [2.45, 2.75) is 65.7 Å². The second kappa shape index (κ2) is 10.2. The Bertz CT molecular complexity index is 892. The van der Waals surface area contributed by atoms with Crippen molar-refractivity contribution in [3.63, 3.8) is 0 Å². The summed E-state index contributed by atoms with van der Waals surface area (Å²) in [7, 11) is 0. The van der Waals surface area contributed by atoms with Crippen LogP contribution in [0.1, 0.15) is 66.5 Å². The maximum atomic E-state index is 4.35. The van der Waals surface area contributed by atoms with Crippen LogP contribution in [0.15, 0.2) is 47.9 Å². The zero-order chi connectivity index (χ0) is 20.1. The van der Waals surface area contributed by atoms with E-state index in [9.17, 15) is 0 Å². The Kier molecular flexibility index (Phi) is 7.87. The van der Waals surface area contributed by atoms with Crippen LogP contribution in [0.5, 0.6) is 0 Å². The van der Waals surface area contributed by atoms with Gasteiger partial charge in [-0.25, -0.2) is 0 Å². The van der Waals surface area contributed by atoms with Gasteiger partial charge in [0.25, 0.3) is 0 Å². The van der Waals surface area contributed by atoms with E-state index in [0.717, 1.165) is 17.7 Å². The second-order valence-corrected chi connectivity index (χ2v) is 10.1. The fourth-order valence-corrected chi connectivity index (χ4v) is 5.16. The molecule has 0 spiro atoms. The van der Waals surface area contributed by atoms with E-state index in [1.807, 2.05) is 0 Å². The monoisotopic (exact) mass is 502 g/mol. The van der Waals surface area contributed by atoms with Crippen molar-refractivity contribution in [1.82, 2.24) is 0 Å². The van der Waals surface area contributed by atoms with Gasteiger partial charge in [0.2, 0.25) is 0 Å². The largest absolute Gasteiger partial charge is 0.0981 e. The zero-order valence-corrected chi connectivity index (χ0v) is 20.4. The molecule has 1 aliphatic rings. The van der Waals surface area contributed by atoms with Crippen molar-refractivity contribution >= 4 is 39.3 Å². The highest BCUT2D eigenvalue weighted by Gasteiger charge is 2.10. The van der Waals surface area contributed by atoms with Gasteiger partial charge in [-0.15, -0.1) is 0 Å². The van der Waals surface area contributed by atoms with Gasteiger partial charge in [0, 0.05) is 8.48 Å². The van der Waals surface area contributed by atoms with Crippen LogP contribution in [0.2, 0.25) is 0 Å². The molecule has 0 fully saturated rings. The fourth-order valence-electron chi connectivity index (χ4n) is 3.94. The van der Waals surface area contributed by atoms with Crippen molar-refractivity contribution in [2.24, 2.45) is 0 Å². The Morgan fingerprint density at radius 2 is 1.82 bits per heavy atom. The third kappa shape index (κ3) is 5.54. The van der Waals surface area contributed by atoms with Crippen LogP contribution in [0.25, 0.3) is 4.91 Å². The molecule has 0 saturated heterocycles. The standard InChI is InChI=1S/C26H31IS/c1-5-21-16-26(27)19(3)14-25(21)13-18(2)17-28-20(4)23-12-11-22-9-7-6-8-10-24(22)15-23/h11-12,14-17H,4-10,13H2,1-3H3/b18-17+. The quantitative estimate of drug-likeness (QED) is 0.283. The Morgan fingerprint density at radius 3 is 2.57 bits per heavy atom. The molecule has 0 unspecified atom stereocenters. The lowest BCUT2D eigenvalue weighted by molar-refractivity contribution is 0.711. The van der Waals surface area contributed by atoms with E-state index in [0.29, 0.717) is 0 Å². The van der Waals surface area contributed by atoms with Crippen LogP contribution >= 0.6 is 34.4 Å². The van der Waals surface area contributed by atoms with Gasteiger partial charge in [-0.2, -0.15) is 0 Å². The molecule has 0 nitrogen and oxygen atoms in total. The third-order valence-corrected chi connectivity index (χ3v) is 7.86. The summed E-state index contributed by atoms with van der Waals surface area (Å²) >= 11 is 4.22. The summed E-state index contributed by atoms with van der Waals surface area (Å²) in [6.07, 6.45) is 8.59. The zero-order valence-electron chi connectivity index (χ0n) is 17.4. The minimum Gasteiger partial charge on any atom is -0.0981 e. The van der Waals surface area contributed by atoms with Crippen LogP contribution in [0, 0.1) is 10.5 Å². The lowest BCUT2D eigenvalue weighted by Gasteiger charge is -2.12. The molecule has 2 aromatic carbocycles. The smallest absolute Gasteiger partial charge is 0.0162 e. The first-order valence-electron chi connectivity index (χ1n) is 10.4. The van der Waals surface area contributed by atoms with E-state index in [4.69, 9.17) is 0 Å². The lowest BCUT2D eigenvalue weighted by atomic mass is 9.97. The number of fused-ring (bicyclic) bond motifs is 1. The second-order valence-electron chi connectivity index (χ2n) is 7.95. The summed E-state index contributed by atoms with van der Waals surface area (Å²) in [6.45, 7) is 11.0. The normalized spacial score (nSPS) is 14.5. The number of thioether (sulfide) groups is 1. The summed E-state index contributed by atoms with van der Waals surface area (Å²) < 4.78 is 1.37. The van der Waals surface area contributed by atoms with Crippen molar-refractivity contribution in [2.75, 3.05) is 0 Å². The average Bonchev–Trinajstić information content (AvgIpc) is 2.93. The van der Waals surface area contributed by atoms with Crippen LogP contribution in [-0.4, -0.2) is 0 Å². The predicted molar refractivity (Wildman–Crippen MR) is 135 cm³/mol. The van der Waals surface area contributed by atoms with Gasteiger partial charge in [0.1, 0.15) is 0 Å². The number of rotatable bonds is 6. The molecule has 0 aromatic heterocycles. The van der Waals surface area contributed by atoms with Crippen LogP contribution in [0.4, 0.5) is 0 Å². The highest BCUT2D eigenvalue weighted by molar-refractivity contribution is 14.1. The molecule has 0 heterocycles. The van der Waals surface area contributed by atoms with Crippen molar-refractivity contribution in [1.29, 1.82) is 0 Å². The minimum atomic E-state index is 1.02. The fraction of sp³-hybridized carbons (Fsp3) is 0.385. The summed E-state index contributed by atoms with van der Waals surface area (Å²) in [5.41, 5.74) is 10.1. The molecule has 0 saturated carbocycles. The van der Waals surface area contributed by atoms with E-state index in [2.05, 4.69) is 85.7 Å². The average molecular weight is 503 g/mol. The molecule has 0 bridgehead atoms. The van der Waals surface area contributed by atoms with Gasteiger partial charge in [0.05, 0.1) is 0 Å². The lowest BCUT2D eigenvalue weighted by Crippen LogP contribution is -1.97. The van der Waals surface area contributed by atoms with Gasteiger partial charge in [-0.05, 0) is 120 Å². The Morgan fingerprint density at radius 1 is 1.07 bits per heavy atom. The Balaban J connectivity index is 1.69. The van der Waals surface area contributed by atoms with Crippen molar-refractivity contribution < 1.29 is 0 Å². The first-order chi connectivity index (χ1) is 13.5. The minimum absolute atomic E-state index is 1.02. The molecule has 1 aliphatic carbocycles. The maximum Gasteiger partial charge on any atom is 0.0162 e. The van der Waals surface area contributed by atoms with Crippen molar-refractivity contribution in [3.05, 3.63) is 84.8 Å². The van der Waals surface area contributed by atoms with Gasteiger partial charge >= 0.3 is 0 Å². The van der Waals surface area contributed by atoms with Crippen LogP contribution in [-0.2, 0) is 25.7 Å². The molecular weight excluding hydrogens is 471 g/mol. The number of allylic oxidation sites excluding steroid dienone is 1. The van der Waals surface area contributed by atoms with Gasteiger partial charge in [-0.1, -0.05) is 61.5 Å². The van der Waals surface area contributed by atoms with Crippen LogP contribution < -0.4 is 0 Å². The first kappa shape index (κ1) is 21.7. The highest BCUT2D eigenvalue weighted by atomic mass is 127. The molecule has 3 rings (SSSR count). The van der Waals surface area contributed by atoms with Crippen molar-refractivity contribution in [3.8, 4) is 0 Å². The number of benzene rings is 2. The molecular formula is C26H31IS. The van der Waals surface area contributed by atoms with E-state index < -0.39 is 0 Å². The van der Waals surface area contributed by atoms with E-state index >= 15 is 0 Å².